The van der Waals surface area contributed by atoms with Crippen molar-refractivity contribution in [1.82, 2.24) is 4.90 Å². The predicted octanol–water partition coefficient (Wildman–Crippen LogP) is 0.978. The molecule has 1 heterocycles. The molecule has 5 nitrogen and oxygen atoms in total. The first kappa shape index (κ1) is 13.8. The topological polar surface area (TPSA) is 81.6 Å². The molecule has 1 unspecified atom stereocenters. The molecule has 1 amide bonds. The van der Waals surface area contributed by atoms with E-state index in [1.165, 1.54) is 0 Å². The van der Waals surface area contributed by atoms with Crippen LogP contribution in [0.5, 0.6) is 0 Å². The van der Waals surface area contributed by atoms with Gasteiger partial charge in [-0.2, -0.15) is 0 Å². The van der Waals surface area contributed by atoms with Crippen LogP contribution in [0.2, 0.25) is 0 Å². The molecule has 1 aliphatic rings. The molecule has 1 fully saturated rings. The summed E-state index contributed by atoms with van der Waals surface area (Å²) < 4.78 is 5.61. The maximum atomic E-state index is 11.1. The maximum Gasteiger partial charge on any atom is 0.248 e. The van der Waals surface area contributed by atoms with Crippen molar-refractivity contribution in [3.8, 4) is 0 Å². The molecule has 1 saturated heterocycles. The van der Waals surface area contributed by atoms with Crippen LogP contribution in [0.25, 0.3) is 0 Å². The standard InChI is InChI=1S/C14H21N3O2/c1-17(9-12-3-2-6-19-12)8-11-5-4-10(14(16)18)7-13(11)15/h4-5,7,12H,2-3,6,8-9,15H2,1H3,(H2,16,18). The molecule has 104 valence electrons. The molecule has 0 aliphatic carbocycles. The minimum absolute atomic E-state index is 0.330. The Morgan fingerprint density at radius 3 is 2.89 bits per heavy atom. The zero-order valence-electron chi connectivity index (χ0n) is 11.3. The second-order valence-corrected chi connectivity index (χ2v) is 5.11. The summed E-state index contributed by atoms with van der Waals surface area (Å²) in [7, 11) is 2.04. The number of benzene rings is 1. The molecule has 2 rings (SSSR count). The van der Waals surface area contributed by atoms with E-state index >= 15 is 0 Å². The van der Waals surface area contributed by atoms with E-state index < -0.39 is 5.91 Å². The average Bonchev–Trinajstić information content (AvgIpc) is 2.84. The Balaban J connectivity index is 1.96. The van der Waals surface area contributed by atoms with E-state index in [2.05, 4.69) is 4.90 Å². The first-order valence-electron chi connectivity index (χ1n) is 6.54. The van der Waals surface area contributed by atoms with Crippen molar-refractivity contribution in [3.63, 3.8) is 0 Å². The van der Waals surface area contributed by atoms with Gasteiger partial charge in [0.25, 0.3) is 0 Å². The Labute approximate surface area is 113 Å². The summed E-state index contributed by atoms with van der Waals surface area (Å²) in [5, 5.41) is 0. The van der Waals surface area contributed by atoms with Gasteiger partial charge in [-0.25, -0.2) is 0 Å². The second-order valence-electron chi connectivity index (χ2n) is 5.11. The van der Waals surface area contributed by atoms with Crippen molar-refractivity contribution in [3.05, 3.63) is 29.3 Å². The van der Waals surface area contributed by atoms with Crippen molar-refractivity contribution in [2.45, 2.75) is 25.5 Å². The number of likely N-dealkylation sites (N-methyl/N-ethyl adjacent to an activating group) is 1. The molecule has 0 aromatic heterocycles. The minimum atomic E-state index is -0.453. The first-order chi connectivity index (χ1) is 9.06. The number of carbonyl (C=O) groups is 1. The highest BCUT2D eigenvalue weighted by atomic mass is 16.5. The van der Waals surface area contributed by atoms with Gasteiger partial charge in [0, 0.05) is 30.9 Å². The number of anilines is 1. The summed E-state index contributed by atoms with van der Waals surface area (Å²) in [5.41, 5.74) is 13.2. The SMILES string of the molecule is CN(Cc1ccc(C(N)=O)cc1N)CC1CCCO1. The van der Waals surface area contributed by atoms with E-state index in [0.29, 0.717) is 17.4 Å². The summed E-state index contributed by atoms with van der Waals surface area (Å²) in [6.45, 7) is 2.51. The molecular weight excluding hydrogens is 242 g/mol. The van der Waals surface area contributed by atoms with Crippen LogP contribution in [-0.4, -0.2) is 37.1 Å². The van der Waals surface area contributed by atoms with E-state index in [-0.39, 0.29) is 0 Å². The van der Waals surface area contributed by atoms with Gasteiger partial charge in [0.1, 0.15) is 0 Å². The third-order valence-electron chi connectivity index (χ3n) is 3.41. The molecule has 0 bridgehead atoms. The lowest BCUT2D eigenvalue weighted by atomic mass is 10.1. The zero-order chi connectivity index (χ0) is 13.8. The van der Waals surface area contributed by atoms with Gasteiger partial charge < -0.3 is 16.2 Å². The summed E-state index contributed by atoms with van der Waals surface area (Å²) in [5.74, 6) is -0.453. The molecular formula is C14H21N3O2. The van der Waals surface area contributed by atoms with Crippen LogP contribution < -0.4 is 11.5 Å². The Bertz CT molecular complexity index is 456. The zero-order valence-corrected chi connectivity index (χ0v) is 11.3. The number of hydrogen-bond donors (Lipinski definition) is 2. The van der Waals surface area contributed by atoms with Crippen LogP contribution in [0.4, 0.5) is 5.69 Å². The fourth-order valence-electron chi connectivity index (χ4n) is 2.38. The van der Waals surface area contributed by atoms with Crippen LogP contribution in [0.3, 0.4) is 0 Å². The number of nitrogen functional groups attached to an aromatic ring is 1. The first-order valence-corrected chi connectivity index (χ1v) is 6.54. The van der Waals surface area contributed by atoms with Crippen molar-refractivity contribution in [1.29, 1.82) is 0 Å². The van der Waals surface area contributed by atoms with Gasteiger partial charge in [0.05, 0.1) is 6.10 Å². The number of amides is 1. The second kappa shape index (κ2) is 6.04. The normalized spacial score (nSPS) is 18.9. The molecule has 4 N–H and O–H groups in total. The van der Waals surface area contributed by atoms with Crippen LogP contribution >= 0.6 is 0 Å². The molecule has 5 heteroatoms. The number of primary amides is 1. The van der Waals surface area contributed by atoms with Crippen molar-refractivity contribution >= 4 is 11.6 Å². The molecule has 0 radical (unpaired) electrons. The van der Waals surface area contributed by atoms with Crippen LogP contribution in [0.15, 0.2) is 18.2 Å². The summed E-state index contributed by atoms with van der Waals surface area (Å²) in [6, 6.07) is 5.22. The number of hydrogen-bond acceptors (Lipinski definition) is 4. The van der Waals surface area contributed by atoms with Crippen LogP contribution in [0, 0.1) is 0 Å². The highest BCUT2D eigenvalue weighted by Crippen LogP contribution is 2.18. The Morgan fingerprint density at radius 2 is 2.32 bits per heavy atom. The number of ether oxygens (including phenoxy) is 1. The Kier molecular flexibility index (Phi) is 4.39. The molecule has 0 saturated carbocycles. The highest BCUT2D eigenvalue weighted by Gasteiger charge is 2.17. The van der Waals surface area contributed by atoms with Gasteiger partial charge in [0.2, 0.25) is 5.91 Å². The smallest absolute Gasteiger partial charge is 0.248 e. The predicted molar refractivity (Wildman–Crippen MR) is 74.7 cm³/mol. The molecule has 1 atom stereocenters. The monoisotopic (exact) mass is 263 g/mol. The quantitative estimate of drug-likeness (QED) is 0.776. The van der Waals surface area contributed by atoms with E-state index in [9.17, 15) is 4.79 Å². The Hall–Kier alpha value is -1.59. The third kappa shape index (κ3) is 3.68. The number of carbonyl (C=O) groups excluding carboxylic acids is 1. The fourth-order valence-corrected chi connectivity index (χ4v) is 2.38. The van der Waals surface area contributed by atoms with Gasteiger partial charge in [-0.15, -0.1) is 0 Å². The lowest BCUT2D eigenvalue weighted by Gasteiger charge is -2.21. The molecule has 19 heavy (non-hydrogen) atoms. The average molecular weight is 263 g/mol. The summed E-state index contributed by atoms with van der Waals surface area (Å²) in [4.78, 5) is 13.2. The molecule has 1 aliphatic heterocycles. The van der Waals surface area contributed by atoms with E-state index in [1.807, 2.05) is 13.1 Å². The van der Waals surface area contributed by atoms with Crippen molar-refractivity contribution < 1.29 is 9.53 Å². The van der Waals surface area contributed by atoms with Crippen molar-refractivity contribution in [2.75, 3.05) is 25.9 Å². The summed E-state index contributed by atoms with van der Waals surface area (Å²) in [6.07, 6.45) is 2.60. The van der Waals surface area contributed by atoms with E-state index in [4.69, 9.17) is 16.2 Å². The summed E-state index contributed by atoms with van der Waals surface area (Å²) >= 11 is 0. The number of rotatable bonds is 5. The highest BCUT2D eigenvalue weighted by molar-refractivity contribution is 5.93. The van der Waals surface area contributed by atoms with Crippen LogP contribution in [-0.2, 0) is 11.3 Å². The molecule has 1 aromatic rings. The van der Waals surface area contributed by atoms with Gasteiger partial charge in [-0.3, -0.25) is 9.69 Å². The number of nitrogens with zero attached hydrogens (tertiary/aromatic N) is 1. The fraction of sp³-hybridized carbons (Fsp3) is 0.500. The molecule has 0 spiro atoms. The lowest BCUT2D eigenvalue weighted by molar-refractivity contribution is 0.0794. The maximum absolute atomic E-state index is 11.1. The van der Waals surface area contributed by atoms with Gasteiger partial charge >= 0.3 is 0 Å². The van der Waals surface area contributed by atoms with Crippen molar-refractivity contribution in [2.24, 2.45) is 5.73 Å². The van der Waals surface area contributed by atoms with Gasteiger partial charge in [-0.1, -0.05) is 6.07 Å². The number of nitrogens with two attached hydrogens (primary N) is 2. The Morgan fingerprint density at radius 1 is 1.53 bits per heavy atom. The molecule has 1 aromatic carbocycles. The van der Waals surface area contributed by atoms with E-state index in [0.717, 1.165) is 38.1 Å². The van der Waals surface area contributed by atoms with Gasteiger partial charge in [-0.05, 0) is 37.6 Å². The lowest BCUT2D eigenvalue weighted by Crippen LogP contribution is -2.28. The van der Waals surface area contributed by atoms with E-state index in [1.54, 1.807) is 12.1 Å². The third-order valence-corrected chi connectivity index (χ3v) is 3.41. The van der Waals surface area contributed by atoms with Gasteiger partial charge in [0.15, 0.2) is 0 Å². The minimum Gasteiger partial charge on any atom is -0.398 e. The van der Waals surface area contributed by atoms with Crippen LogP contribution in [0.1, 0.15) is 28.8 Å². The largest absolute Gasteiger partial charge is 0.398 e.